The molecule has 1 heterocycles. The number of hydrogen-bond acceptors (Lipinski definition) is 2. The van der Waals surface area contributed by atoms with Crippen molar-refractivity contribution in [1.29, 1.82) is 0 Å². The normalized spacial score (nSPS) is 40.2. The maximum Gasteiger partial charge on any atom is 0.0457 e. The fourth-order valence-corrected chi connectivity index (χ4v) is 7.79. The van der Waals surface area contributed by atoms with Crippen molar-refractivity contribution in [1.82, 2.24) is 5.32 Å². The number of nitrogens with one attached hydrogen (secondary N) is 1. The van der Waals surface area contributed by atoms with Crippen LogP contribution >= 0.6 is 27.3 Å². The lowest BCUT2D eigenvalue weighted by Crippen LogP contribution is -2.49. The predicted molar refractivity (Wildman–Crippen MR) is 89.1 cm³/mol. The predicted octanol–water partition coefficient (Wildman–Crippen LogP) is 5.15. The van der Waals surface area contributed by atoms with E-state index in [1.807, 2.05) is 11.3 Å². The number of halogens is 1. The molecule has 4 fully saturated rings. The van der Waals surface area contributed by atoms with E-state index in [2.05, 4.69) is 41.3 Å². The highest BCUT2D eigenvalue weighted by Crippen LogP contribution is 2.60. The van der Waals surface area contributed by atoms with Crippen molar-refractivity contribution >= 4 is 27.3 Å². The van der Waals surface area contributed by atoms with E-state index in [1.165, 1.54) is 35.0 Å². The quantitative estimate of drug-likeness (QED) is 0.791. The van der Waals surface area contributed by atoms with Crippen molar-refractivity contribution in [2.45, 2.75) is 45.1 Å². The maximum atomic E-state index is 3.80. The lowest BCUT2D eigenvalue weighted by molar-refractivity contribution is -0.0511. The van der Waals surface area contributed by atoms with Gasteiger partial charge in [-0.05, 0) is 97.7 Å². The van der Waals surface area contributed by atoms with Gasteiger partial charge < -0.3 is 5.32 Å². The first-order valence-electron chi connectivity index (χ1n) is 8.08. The first kappa shape index (κ1) is 13.8. The monoisotopic (exact) mass is 353 g/mol. The lowest BCUT2D eigenvalue weighted by Gasteiger charge is -2.56. The smallest absolute Gasteiger partial charge is 0.0457 e. The van der Waals surface area contributed by atoms with E-state index in [-0.39, 0.29) is 0 Å². The van der Waals surface area contributed by atoms with Crippen LogP contribution < -0.4 is 5.32 Å². The molecule has 1 nitrogen and oxygen atoms in total. The van der Waals surface area contributed by atoms with Crippen LogP contribution in [0, 0.1) is 36.5 Å². The van der Waals surface area contributed by atoms with Crippen LogP contribution in [0.3, 0.4) is 0 Å². The third-order valence-corrected chi connectivity index (χ3v) is 8.17. The minimum atomic E-state index is 0.568. The summed E-state index contributed by atoms with van der Waals surface area (Å²) >= 11 is 5.78. The third kappa shape index (κ3) is 2.12. The van der Waals surface area contributed by atoms with Crippen LogP contribution in [0.2, 0.25) is 0 Å². The minimum Gasteiger partial charge on any atom is -0.312 e. The molecular weight excluding hydrogens is 330 g/mol. The second-order valence-electron chi connectivity index (χ2n) is 7.34. The third-order valence-electron chi connectivity index (χ3n) is 6.11. The molecule has 0 aliphatic heterocycles. The Morgan fingerprint density at radius 2 is 1.75 bits per heavy atom. The number of thiophene rings is 1. The van der Waals surface area contributed by atoms with Crippen molar-refractivity contribution in [3.05, 3.63) is 20.3 Å². The molecule has 1 atom stereocenters. The molecule has 3 heteroatoms. The Kier molecular flexibility index (Phi) is 3.51. The van der Waals surface area contributed by atoms with Gasteiger partial charge in [0.1, 0.15) is 0 Å². The topological polar surface area (TPSA) is 12.0 Å². The van der Waals surface area contributed by atoms with Gasteiger partial charge in [0.15, 0.2) is 0 Å². The Bertz CT molecular complexity index is 481. The summed E-state index contributed by atoms with van der Waals surface area (Å²) < 4.78 is 1.33. The number of hydrogen-bond donors (Lipinski definition) is 1. The molecule has 0 spiro atoms. The summed E-state index contributed by atoms with van der Waals surface area (Å²) in [5.74, 6) is 4.98. The Labute approximate surface area is 134 Å². The summed E-state index contributed by atoms with van der Waals surface area (Å²) in [4.78, 5) is 2.97. The summed E-state index contributed by atoms with van der Waals surface area (Å²) in [6.07, 6.45) is 7.59. The Balaban J connectivity index is 1.66. The van der Waals surface area contributed by atoms with E-state index >= 15 is 0 Å². The summed E-state index contributed by atoms with van der Waals surface area (Å²) in [6, 6.07) is 2.86. The molecule has 0 aromatic carbocycles. The molecule has 4 bridgehead atoms. The van der Waals surface area contributed by atoms with E-state index in [1.54, 1.807) is 11.3 Å². The molecule has 20 heavy (non-hydrogen) atoms. The molecule has 4 aliphatic carbocycles. The minimum absolute atomic E-state index is 0.568. The molecule has 4 aliphatic rings. The second-order valence-corrected chi connectivity index (χ2v) is 9.49. The van der Waals surface area contributed by atoms with E-state index in [4.69, 9.17) is 0 Å². The molecule has 1 aromatic heterocycles. The van der Waals surface area contributed by atoms with Crippen LogP contribution in [-0.2, 0) is 0 Å². The molecule has 0 amide bonds. The van der Waals surface area contributed by atoms with Crippen molar-refractivity contribution in [3.63, 3.8) is 0 Å². The zero-order valence-electron chi connectivity index (χ0n) is 12.4. The first-order valence-corrected chi connectivity index (χ1v) is 9.69. The highest BCUT2D eigenvalue weighted by atomic mass is 79.9. The van der Waals surface area contributed by atoms with Crippen LogP contribution in [-0.4, -0.2) is 7.05 Å². The fourth-order valence-electron chi connectivity index (χ4n) is 5.72. The van der Waals surface area contributed by atoms with Crippen molar-refractivity contribution < 1.29 is 0 Å². The van der Waals surface area contributed by atoms with Gasteiger partial charge in [-0.2, -0.15) is 0 Å². The van der Waals surface area contributed by atoms with E-state index < -0.39 is 0 Å². The highest BCUT2D eigenvalue weighted by Gasteiger charge is 2.50. The van der Waals surface area contributed by atoms with Crippen LogP contribution in [0.5, 0.6) is 0 Å². The largest absolute Gasteiger partial charge is 0.312 e. The molecule has 0 saturated heterocycles. The van der Waals surface area contributed by atoms with Gasteiger partial charge in [0, 0.05) is 20.3 Å². The SMILES string of the molecule is CNC(c1sc(C)cc1Br)C1C2CC3CC(C2)CC1C3. The summed E-state index contributed by atoms with van der Waals surface area (Å²) in [6.45, 7) is 2.22. The van der Waals surface area contributed by atoms with Gasteiger partial charge in [0.05, 0.1) is 0 Å². The average Bonchev–Trinajstić information content (AvgIpc) is 2.72. The highest BCUT2D eigenvalue weighted by molar-refractivity contribution is 9.10. The fraction of sp³-hybridized carbons (Fsp3) is 0.765. The van der Waals surface area contributed by atoms with Gasteiger partial charge >= 0.3 is 0 Å². The van der Waals surface area contributed by atoms with Crippen LogP contribution in [0.15, 0.2) is 10.5 Å². The van der Waals surface area contributed by atoms with Crippen molar-refractivity contribution in [3.8, 4) is 0 Å². The van der Waals surface area contributed by atoms with E-state index in [0.29, 0.717) is 6.04 Å². The van der Waals surface area contributed by atoms with Crippen LogP contribution in [0.1, 0.15) is 47.9 Å². The Morgan fingerprint density at radius 3 is 2.20 bits per heavy atom. The standard InChI is InChI=1S/C17H24BrNS/c1-9-3-14(18)17(20-9)16(19-2)15-12-5-10-4-11(7-12)8-13(15)6-10/h3,10-13,15-16,19H,4-8H2,1-2H3. The summed E-state index contributed by atoms with van der Waals surface area (Å²) in [5, 5.41) is 3.68. The van der Waals surface area contributed by atoms with Gasteiger partial charge in [-0.25, -0.2) is 0 Å². The van der Waals surface area contributed by atoms with Gasteiger partial charge in [-0.15, -0.1) is 11.3 Å². The molecule has 1 aromatic rings. The Morgan fingerprint density at radius 1 is 1.15 bits per heavy atom. The number of aryl methyl sites for hydroxylation is 1. The van der Waals surface area contributed by atoms with Crippen molar-refractivity contribution in [2.75, 3.05) is 7.05 Å². The molecule has 1 N–H and O–H groups in total. The molecule has 5 rings (SSSR count). The van der Waals surface area contributed by atoms with Gasteiger partial charge in [0.25, 0.3) is 0 Å². The van der Waals surface area contributed by atoms with Gasteiger partial charge in [-0.3, -0.25) is 0 Å². The lowest BCUT2D eigenvalue weighted by atomic mass is 9.50. The maximum absolute atomic E-state index is 3.80. The molecule has 110 valence electrons. The molecular formula is C17H24BrNS. The average molecular weight is 354 g/mol. The summed E-state index contributed by atoms with van der Waals surface area (Å²) in [5.41, 5.74) is 0. The Hall–Kier alpha value is 0.140. The molecule has 4 saturated carbocycles. The van der Waals surface area contributed by atoms with Crippen molar-refractivity contribution in [2.24, 2.45) is 29.6 Å². The molecule has 0 radical (unpaired) electrons. The zero-order valence-corrected chi connectivity index (χ0v) is 14.8. The number of rotatable bonds is 3. The van der Waals surface area contributed by atoms with E-state index in [0.717, 1.165) is 29.6 Å². The molecule has 1 unspecified atom stereocenters. The second kappa shape index (κ2) is 5.10. The van der Waals surface area contributed by atoms with Crippen LogP contribution in [0.4, 0.5) is 0 Å². The first-order chi connectivity index (χ1) is 9.65. The van der Waals surface area contributed by atoms with Crippen LogP contribution in [0.25, 0.3) is 0 Å². The summed E-state index contributed by atoms with van der Waals surface area (Å²) in [7, 11) is 2.16. The van der Waals surface area contributed by atoms with Gasteiger partial charge in [-0.1, -0.05) is 0 Å². The van der Waals surface area contributed by atoms with Gasteiger partial charge in [0.2, 0.25) is 0 Å². The van der Waals surface area contributed by atoms with E-state index in [9.17, 15) is 0 Å². The zero-order chi connectivity index (χ0) is 13.9.